The third-order valence-corrected chi connectivity index (χ3v) is 14.7. The fourth-order valence-corrected chi connectivity index (χ4v) is 9.53. The molecule has 0 saturated carbocycles. The van der Waals surface area contributed by atoms with E-state index in [0.29, 0.717) is 19.3 Å². The quantitative estimate of drug-likeness (QED) is 0.0261. The predicted molar refractivity (Wildman–Crippen MR) is 362 cm³/mol. The number of unbranched alkanes of at least 4 members (excludes halogenated alkanes) is 29. The Hall–Kier alpha value is -4.45. The van der Waals surface area contributed by atoms with Gasteiger partial charge in [0.2, 0.25) is 0 Å². The molecule has 0 aromatic carbocycles. The van der Waals surface area contributed by atoms with Crippen molar-refractivity contribution in [2.24, 2.45) is 0 Å². The van der Waals surface area contributed by atoms with E-state index in [1.807, 2.05) is 0 Å². The molecule has 0 bridgehead atoms. The average Bonchev–Trinajstić information content (AvgIpc) is 3.49. The molecular weight excluding hydrogens is 1020 g/mol. The van der Waals surface area contributed by atoms with Gasteiger partial charge in [-0.25, -0.2) is 0 Å². The Kier molecular flexibility index (Phi) is 66.3. The Morgan fingerprint density at radius 2 is 0.470 bits per heavy atom. The van der Waals surface area contributed by atoms with E-state index < -0.39 is 6.10 Å². The van der Waals surface area contributed by atoms with E-state index in [0.717, 1.165) is 148 Å². The van der Waals surface area contributed by atoms with Crippen LogP contribution in [0.4, 0.5) is 0 Å². The van der Waals surface area contributed by atoms with Crippen LogP contribution in [-0.2, 0) is 28.6 Å². The van der Waals surface area contributed by atoms with Crippen molar-refractivity contribution < 1.29 is 28.6 Å². The minimum atomic E-state index is -0.792. The number of carbonyl (C=O) groups is 3. The van der Waals surface area contributed by atoms with Gasteiger partial charge in [-0.3, -0.25) is 14.4 Å². The molecule has 0 radical (unpaired) electrons. The number of carbonyl (C=O) groups excluding carboxylic acids is 3. The van der Waals surface area contributed by atoms with Gasteiger partial charge in [0.05, 0.1) is 0 Å². The second kappa shape index (κ2) is 70.0. The van der Waals surface area contributed by atoms with Crippen LogP contribution < -0.4 is 0 Å². The Morgan fingerprint density at radius 3 is 0.735 bits per heavy atom. The van der Waals surface area contributed by atoms with Gasteiger partial charge in [0.15, 0.2) is 6.10 Å². The summed E-state index contributed by atoms with van der Waals surface area (Å²) < 4.78 is 17.0. The summed E-state index contributed by atoms with van der Waals surface area (Å²) in [7, 11) is 0. The Bertz CT molecular complexity index is 1750. The van der Waals surface area contributed by atoms with E-state index in [2.05, 4.69) is 154 Å². The molecule has 0 fully saturated rings. The summed E-state index contributed by atoms with van der Waals surface area (Å²) in [4.78, 5) is 38.4. The van der Waals surface area contributed by atoms with E-state index in [1.54, 1.807) is 0 Å². The molecule has 0 rings (SSSR count). The van der Waals surface area contributed by atoms with Crippen molar-refractivity contribution in [3.05, 3.63) is 134 Å². The molecule has 1 unspecified atom stereocenters. The first-order chi connectivity index (χ1) is 41.0. The maximum atomic E-state index is 13.0. The lowest BCUT2D eigenvalue weighted by Gasteiger charge is -2.18. The average molecular weight is 1150 g/mol. The summed E-state index contributed by atoms with van der Waals surface area (Å²) >= 11 is 0. The van der Waals surface area contributed by atoms with Gasteiger partial charge in [0.25, 0.3) is 0 Å². The van der Waals surface area contributed by atoms with E-state index in [1.165, 1.54) is 128 Å². The summed E-state index contributed by atoms with van der Waals surface area (Å²) in [6.07, 6.45) is 98.9. The monoisotopic (exact) mass is 1150 g/mol. The lowest BCUT2D eigenvalue weighted by molar-refractivity contribution is -0.167. The molecule has 6 nitrogen and oxygen atoms in total. The SMILES string of the molecule is CC/C=C\C/C=C\C/C=C\C/C=C\C/C=C\C/C=C\C/C=C\CCCCCCCC(=O)OCC(COC(=O)CCCCCCCCCCCCCCC)OC(=O)CCCCCCCCCCCCCC/C=C\C/C=C\C/C=C\C/C=C\CC. The van der Waals surface area contributed by atoms with Crippen molar-refractivity contribution in [2.45, 2.75) is 322 Å². The van der Waals surface area contributed by atoms with Gasteiger partial charge in [-0.2, -0.15) is 0 Å². The molecule has 6 heteroatoms. The molecule has 0 N–H and O–H groups in total. The molecule has 83 heavy (non-hydrogen) atoms. The summed E-state index contributed by atoms with van der Waals surface area (Å²) in [5, 5.41) is 0. The van der Waals surface area contributed by atoms with Crippen LogP contribution in [0, 0.1) is 0 Å². The fourth-order valence-electron chi connectivity index (χ4n) is 9.53. The molecule has 0 spiro atoms. The van der Waals surface area contributed by atoms with Crippen LogP contribution in [0.3, 0.4) is 0 Å². The van der Waals surface area contributed by atoms with E-state index in [9.17, 15) is 14.4 Å². The lowest BCUT2D eigenvalue weighted by atomic mass is 10.0. The standard InChI is InChI=1S/C77H128O6/c1-4-7-10-13-16-19-22-25-27-29-31-33-35-37-38-40-41-43-45-47-49-52-55-58-61-64-67-70-76(79)82-73-74(72-81-75(78)69-66-63-60-57-54-51-24-21-18-15-12-9-6-3)83-77(80)71-68-65-62-59-56-53-50-48-46-44-42-39-36-34-32-30-28-26-23-20-17-14-11-8-5-2/h7-8,10-11,16-17,19-20,25-28,31-34,37-38,41,43,47,49,74H,4-6,9,12-15,18,21-24,29-30,35-36,39-40,42,44-46,48,50-73H2,1-3H3/b10-7-,11-8-,19-16-,20-17-,27-25-,28-26-,33-31-,34-32-,38-37-,43-41-,49-47-. The van der Waals surface area contributed by atoms with Crippen LogP contribution in [0.1, 0.15) is 316 Å². The van der Waals surface area contributed by atoms with Crippen molar-refractivity contribution >= 4 is 17.9 Å². The van der Waals surface area contributed by atoms with E-state index >= 15 is 0 Å². The Labute approximate surface area is 513 Å². The number of hydrogen-bond acceptors (Lipinski definition) is 6. The van der Waals surface area contributed by atoms with Crippen molar-refractivity contribution in [2.75, 3.05) is 13.2 Å². The third-order valence-electron chi connectivity index (χ3n) is 14.7. The lowest BCUT2D eigenvalue weighted by Crippen LogP contribution is -2.30. The molecule has 0 aliphatic heterocycles. The summed E-state index contributed by atoms with van der Waals surface area (Å²) in [5.41, 5.74) is 0. The van der Waals surface area contributed by atoms with Crippen LogP contribution in [0.15, 0.2) is 134 Å². The first-order valence-electron chi connectivity index (χ1n) is 34.7. The van der Waals surface area contributed by atoms with Gasteiger partial charge < -0.3 is 14.2 Å². The topological polar surface area (TPSA) is 78.9 Å². The van der Waals surface area contributed by atoms with Gasteiger partial charge in [-0.05, 0) is 116 Å². The summed E-state index contributed by atoms with van der Waals surface area (Å²) in [6.45, 7) is 6.42. The van der Waals surface area contributed by atoms with Crippen LogP contribution in [-0.4, -0.2) is 37.2 Å². The minimum Gasteiger partial charge on any atom is -0.462 e. The molecule has 0 aromatic rings. The van der Waals surface area contributed by atoms with Crippen LogP contribution in [0.25, 0.3) is 0 Å². The molecule has 0 saturated heterocycles. The Morgan fingerprint density at radius 1 is 0.253 bits per heavy atom. The maximum absolute atomic E-state index is 13.0. The number of rotatable bonds is 62. The van der Waals surface area contributed by atoms with E-state index in [-0.39, 0.29) is 31.1 Å². The highest BCUT2D eigenvalue weighted by Crippen LogP contribution is 2.17. The molecule has 1 atom stereocenters. The van der Waals surface area contributed by atoms with Gasteiger partial charge in [0, 0.05) is 19.3 Å². The highest BCUT2D eigenvalue weighted by atomic mass is 16.6. The smallest absolute Gasteiger partial charge is 0.306 e. The zero-order chi connectivity index (χ0) is 59.9. The molecule has 0 amide bonds. The zero-order valence-corrected chi connectivity index (χ0v) is 54.2. The first kappa shape index (κ1) is 78.5. The first-order valence-corrected chi connectivity index (χ1v) is 34.7. The summed E-state index contributed by atoms with van der Waals surface area (Å²) in [6, 6.07) is 0. The molecule has 472 valence electrons. The van der Waals surface area contributed by atoms with Gasteiger partial charge in [-0.15, -0.1) is 0 Å². The van der Waals surface area contributed by atoms with Gasteiger partial charge >= 0.3 is 17.9 Å². The fraction of sp³-hybridized carbons (Fsp3) is 0.675. The Balaban J connectivity index is 4.36. The molecular formula is C77H128O6. The van der Waals surface area contributed by atoms with Gasteiger partial charge in [0.1, 0.15) is 13.2 Å². The molecule has 0 aliphatic carbocycles. The minimum absolute atomic E-state index is 0.0852. The predicted octanol–water partition coefficient (Wildman–Crippen LogP) is 24.1. The number of esters is 3. The largest absolute Gasteiger partial charge is 0.462 e. The van der Waals surface area contributed by atoms with Crippen LogP contribution >= 0.6 is 0 Å². The molecule has 0 heterocycles. The number of allylic oxidation sites excluding steroid dienone is 22. The van der Waals surface area contributed by atoms with Crippen molar-refractivity contribution in [3.63, 3.8) is 0 Å². The van der Waals surface area contributed by atoms with Crippen LogP contribution in [0.5, 0.6) is 0 Å². The maximum Gasteiger partial charge on any atom is 0.306 e. The second-order valence-electron chi connectivity index (χ2n) is 22.7. The molecule has 0 aromatic heterocycles. The van der Waals surface area contributed by atoms with Gasteiger partial charge in [-0.1, -0.05) is 315 Å². The number of ether oxygens (including phenoxy) is 3. The second-order valence-corrected chi connectivity index (χ2v) is 22.7. The van der Waals surface area contributed by atoms with E-state index in [4.69, 9.17) is 14.2 Å². The van der Waals surface area contributed by atoms with Crippen molar-refractivity contribution in [1.82, 2.24) is 0 Å². The van der Waals surface area contributed by atoms with Crippen LogP contribution in [0.2, 0.25) is 0 Å². The number of hydrogen-bond donors (Lipinski definition) is 0. The molecule has 0 aliphatic rings. The van der Waals surface area contributed by atoms with Crippen molar-refractivity contribution in [3.8, 4) is 0 Å². The normalized spacial score (nSPS) is 13.0. The summed E-state index contributed by atoms with van der Waals surface area (Å²) in [5.74, 6) is -0.898. The highest BCUT2D eigenvalue weighted by Gasteiger charge is 2.19. The zero-order valence-electron chi connectivity index (χ0n) is 54.2. The third kappa shape index (κ3) is 68.2. The highest BCUT2D eigenvalue weighted by molar-refractivity contribution is 5.71. The van der Waals surface area contributed by atoms with Crippen molar-refractivity contribution in [1.29, 1.82) is 0 Å².